The number of rotatable bonds is 12. The van der Waals surface area contributed by atoms with Gasteiger partial charge in [0.15, 0.2) is 0 Å². The van der Waals surface area contributed by atoms with Gasteiger partial charge in [0, 0.05) is 21.4 Å². The second-order valence-corrected chi connectivity index (χ2v) is 12.9. The standard InChI is InChI=1S/C35H36ClNO3S/c1-34(2,40)30-9-4-3-7-25(30)13-17-32(41-23-35(18-19-35)22-33(38)39)27-8-5-6-24(20-27)10-15-29-16-12-26-11-14-28(36)21-31(26)37-29/h3-12,14-16,20-21,32,40H,13,17-19,22-23H2,1-2H3,(H,38,39)/b15-10+/t32-/m1/s1/i11D,12D,14D,16D,21D. The van der Waals surface area contributed by atoms with Crippen molar-refractivity contribution in [2.24, 2.45) is 5.41 Å². The fourth-order valence-electron chi connectivity index (χ4n) is 5.06. The molecule has 5 rings (SSSR count). The Morgan fingerprint density at radius 1 is 1.15 bits per heavy atom. The molecule has 0 unspecified atom stereocenters. The maximum absolute atomic E-state index is 11.5. The summed E-state index contributed by atoms with van der Waals surface area (Å²) < 4.78 is 41.5. The molecule has 4 aromatic rings. The van der Waals surface area contributed by atoms with Crippen LogP contribution in [-0.2, 0) is 16.8 Å². The zero-order valence-corrected chi connectivity index (χ0v) is 24.7. The third-order valence-electron chi connectivity index (χ3n) is 7.45. The number of aliphatic carboxylic acids is 1. The first kappa shape index (κ1) is 23.4. The van der Waals surface area contributed by atoms with Gasteiger partial charge in [-0.05, 0) is 91.4 Å². The minimum Gasteiger partial charge on any atom is -0.481 e. The molecule has 0 amide bonds. The summed E-state index contributed by atoms with van der Waals surface area (Å²) in [6, 6.07) is 14.5. The topological polar surface area (TPSA) is 70.4 Å². The molecular formula is C35H36ClNO3S. The molecule has 1 aliphatic rings. The van der Waals surface area contributed by atoms with E-state index in [-0.39, 0.29) is 68.9 Å². The van der Waals surface area contributed by atoms with E-state index >= 15 is 0 Å². The molecule has 4 nitrogen and oxygen atoms in total. The van der Waals surface area contributed by atoms with E-state index in [0.29, 0.717) is 0 Å². The molecule has 6 heteroatoms. The Labute approximate surface area is 258 Å². The smallest absolute Gasteiger partial charge is 0.303 e. The summed E-state index contributed by atoms with van der Waals surface area (Å²) in [6.07, 6.45) is 6.89. The zero-order chi connectivity index (χ0) is 33.4. The van der Waals surface area contributed by atoms with E-state index in [1.54, 1.807) is 37.8 Å². The molecule has 0 spiro atoms. The second kappa shape index (κ2) is 12.4. The van der Waals surface area contributed by atoms with Crippen LogP contribution in [0.5, 0.6) is 0 Å². The number of hydrogen-bond donors (Lipinski definition) is 2. The number of aromatic nitrogens is 1. The Morgan fingerprint density at radius 3 is 2.68 bits per heavy atom. The molecule has 0 bridgehead atoms. The lowest BCUT2D eigenvalue weighted by Crippen LogP contribution is -2.18. The lowest BCUT2D eigenvalue weighted by Gasteiger charge is -2.24. The number of aryl methyl sites for hydroxylation is 1. The van der Waals surface area contributed by atoms with E-state index in [1.165, 1.54) is 0 Å². The van der Waals surface area contributed by atoms with Crippen LogP contribution < -0.4 is 0 Å². The summed E-state index contributed by atoms with van der Waals surface area (Å²) in [5, 5.41) is 20.0. The maximum Gasteiger partial charge on any atom is 0.303 e. The molecule has 2 N–H and O–H groups in total. The Balaban J connectivity index is 1.45. The van der Waals surface area contributed by atoms with Gasteiger partial charge < -0.3 is 10.2 Å². The van der Waals surface area contributed by atoms with Gasteiger partial charge in [0.05, 0.1) is 30.1 Å². The van der Waals surface area contributed by atoms with Crippen molar-refractivity contribution in [3.63, 3.8) is 0 Å². The fraction of sp³-hybridized carbons (Fsp3) is 0.314. The molecule has 212 valence electrons. The van der Waals surface area contributed by atoms with Crippen LogP contribution >= 0.6 is 23.4 Å². The number of fused-ring (bicyclic) bond motifs is 1. The van der Waals surface area contributed by atoms with Crippen LogP contribution in [0.25, 0.3) is 23.1 Å². The SMILES string of the molecule is [2H]c1c(/C=C/c2cccc([C@@H](CCc3ccccc3C(C)(C)O)SCC3(CC(=O)O)CC3)c2)nc2c([2H])c(Cl)c([2H])c([2H])c2c1[2H]. The van der Waals surface area contributed by atoms with Gasteiger partial charge in [-0.3, -0.25) is 4.79 Å². The van der Waals surface area contributed by atoms with Crippen LogP contribution in [0.4, 0.5) is 0 Å². The van der Waals surface area contributed by atoms with E-state index < -0.39 is 11.6 Å². The summed E-state index contributed by atoms with van der Waals surface area (Å²) in [5.74, 6) is -0.0328. The Kier molecular flexibility index (Phi) is 7.09. The van der Waals surface area contributed by atoms with Crippen molar-refractivity contribution < 1.29 is 21.9 Å². The molecule has 3 aromatic carbocycles. The molecule has 0 saturated heterocycles. The highest BCUT2D eigenvalue weighted by Crippen LogP contribution is 2.53. The van der Waals surface area contributed by atoms with E-state index in [4.69, 9.17) is 18.5 Å². The highest BCUT2D eigenvalue weighted by molar-refractivity contribution is 7.99. The lowest BCUT2D eigenvalue weighted by molar-refractivity contribution is -0.138. The first-order valence-corrected chi connectivity index (χ1v) is 15.1. The third-order valence-corrected chi connectivity index (χ3v) is 9.33. The first-order valence-electron chi connectivity index (χ1n) is 16.2. The molecule has 1 atom stereocenters. The molecule has 0 aliphatic heterocycles. The van der Waals surface area contributed by atoms with E-state index in [2.05, 4.69) is 17.1 Å². The number of carboxylic acid groups (broad SMARTS) is 1. The van der Waals surface area contributed by atoms with E-state index in [1.807, 2.05) is 36.4 Å². The number of pyridine rings is 1. The molecule has 1 heterocycles. The Morgan fingerprint density at radius 2 is 1.93 bits per heavy atom. The minimum absolute atomic E-state index is 0.0126. The van der Waals surface area contributed by atoms with Gasteiger partial charge in [0.1, 0.15) is 0 Å². The Bertz CT molecular complexity index is 1840. The monoisotopic (exact) mass is 590 g/mol. The van der Waals surface area contributed by atoms with Gasteiger partial charge in [0.2, 0.25) is 0 Å². The summed E-state index contributed by atoms with van der Waals surface area (Å²) in [5.41, 5.74) is 2.89. The maximum atomic E-state index is 11.5. The summed E-state index contributed by atoms with van der Waals surface area (Å²) in [6.45, 7) is 3.57. The number of carbonyl (C=O) groups is 1. The van der Waals surface area contributed by atoms with Gasteiger partial charge in [0.25, 0.3) is 0 Å². The first-order chi connectivity index (χ1) is 21.7. The second-order valence-electron chi connectivity index (χ2n) is 11.3. The van der Waals surface area contributed by atoms with Crippen molar-refractivity contribution in [1.82, 2.24) is 4.98 Å². The normalized spacial score (nSPS) is 17.0. The van der Waals surface area contributed by atoms with Gasteiger partial charge >= 0.3 is 5.97 Å². The van der Waals surface area contributed by atoms with Crippen molar-refractivity contribution in [1.29, 1.82) is 0 Å². The van der Waals surface area contributed by atoms with Crippen molar-refractivity contribution in [2.45, 2.75) is 56.8 Å². The van der Waals surface area contributed by atoms with Gasteiger partial charge in [-0.25, -0.2) is 4.98 Å². The van der Waals surface area contributed by atoms with Crippen LogP contribution in [0.15, 0.2) is 78.7 Å². The minimum atomic E-state index is -0.978. The van der Waals surface area contributed by atoms with E-state index in [0.717, 1.165) is 53.7 Å². The average Bonchev–Trinajstić information content (AvgIpc) is 3.77. The quantitative estimate of drug-likeness (QED) is 0.172. The number of carboxylic acids is 1. The largest absolute Gasteiger partial charge is 0.481 e. The number of aliphatic hydroxyl groups is 1. The summed E-state index contributed by atoms with van der Waals surface area (Å²) in [4.78, 5) is 15.9. The van der Waals surface area contributed by atoms with Crippen LogP contribution in [0, 0.1) is 5.41 Å². The van der Waals surface area contributed by atoms with Crippen molar-refractivity contribution in [2.75, 3.05) is 5.75 Å². The zero-order valence-electron chi connectivity index (χ0n) is 28.1. The lowest BCUT2D eigenvalue weighted by atomic mass is 9.90. The summed E-state index contributed by atoms with van der Waals surface area (Å²) in [7, 11) is 0. The van der Waals surface area contributed by atoms with Gasteiger partial charge in [-0.15, -0.1) is 0 Å². The average molecular weight is 591 g/mol. The van der Waals surface area contributed by atoms with Crippen molar-refractivity contribution in [3.8, 4) is 0 Å². The molecule has 41 heavy (non-hydrogen) atoms. The number of nitrogens with zero attached hydrogens (tertiary/aromatic N) is 1. The van der Waals surface area contributed by atoms with Gasteiger partial charge in [-0.1, -0.05) is 78.3 Å². The molecule has 1 fully saturated rings. The van der Waals surface area contributed by atoms with Crippen LogP contribution in [0.3, 0.4) is 0 Å². The fourth-order valence-corrected chi connectivity index (χ4v) is 6.76. The highest BCUT2D eigenvalue weighted by atomic mass is 35.5. The highest BCUT2D eigenvalue weighted by Gasteiger charge is 2.44. The summed E-state index contributed by atoms with van der Waals surface area (Å²) >= 11 is 7.87. The number of hydrogen-bond acceptors (Lipinski definition) is 4. The molecular weight excluding hydrogens is 550 g/mol. The van der Waals surface area contributed by atoms with Crippen LogP contribution in [0.1, 0.15) is 79.6 Å². The molecule has 1 aromatic heterocycles. The van der Waals surface area contributed by atoms with Crippen LogP contribution in [0.2, 0.25) is 5.02 Å². The van der Waals surface area contributed by atoms with Crippen molar-refractivity contribution in [3.05, 3.63) is 112 Å². The number of benzene rings is 3. The van der Waals surface area contributed by atoms with Gasteiger partial charge in [-0.2, -0.15) is 11.8 Å². The van der Waals surface area contributed by atoms with Crippen LogP contribution in [-0.4, -0.2) is 26.9 Å². The Hall–Kier alpha value is -3.12. The predicted molar refractivity (Wildman–Crippen MR) is 171 cm³/mol. The predicted octanol–water partition coefficient (Wildman–Crippen LogP) is 8.95. The molecule has 1 aliphatic carbocycles. The molecule has 1 saturated carbocycles. The number of thioether (sulfide) groups is 1. The molecule has 0 radical (unpaired) electrons. The number of halogens is 1. The van der Waals surface area contributed by atoms with Crippen molar-refractivity contribution >= 4 is 52.4 Å². The van der Waals surface area contributed by atoms with E-state index in [9.17, 15) is 15.0 Å². The third kappa shape index (κ3) is 7.79.